The summed E-state index contributed by atoms with van der Waals surface area (Å²) < 4.78 is 13.4. The van der Waals surface area contributed by atoms with E-state index in [4.69, 9.17) is 0 Å². The fourth-order valence-electron chi connectivity index (χ4n) is 0.174. The first-order valence-electron chi connectivity index (χ1n) is 1.73. The van der Waals surface area contributed by atoms with Gasteiger partial charge < -0.3 is 0 Å². The number of alkyl halides is 2. The Hall–Kier alpha value is 0.530. The van der Waals surface area contributed by atoms with Gasteiger partial charge in [0.15, 0.2) is 0 Å². The molecule has 0 bridgehead atoms. The lowest BCUT2D eigenvalue weighted by atomic mass is 10.5. The summed E-state index contributed by atoms with van der Waals surface area (Å²) in [6, 6.07) is 0. The zero-order valence-corrected chi connectivity index (χ0v) is 6.07. The van der Waals surface area contributed by atoms with Gasteiger partial charge in [-0.2, -0.15) is 0 Å². The van der Waals surface area contributed by atoms with Crippen molar-refractivity contribution >= 4 is 24.7 Å². The summed E-state index contributed by atoms with van der Waals surface area (Å²) in [4.78, 5) is 2.04. The molecule has 0 amide bonds. The van der Waals surface area contributed by atoms with Gasteiger partial charge >= 0.3 is 0 Å². The lowest BCUT2D eigenvalue weighted by Crippen LogP contribution is -1.87. The number of halogens is 2. The van der Waals surface area contributed by atoms with Gasteiger partial charge in [-0.15, -0.1) is 20.7 Å². The van der Waals surface area contributed by atoms with Crippen molar-refractivity contribution in [2.45, 2.75) is 13.1 Å². The number of hydrogen-bond donors (Lipinski definition) is 0. The molecule has 0 nitrogen and oxygen atoms in total. The standard InChI is InChI=1S/C4H8FI/c1-4(5)3-6-2/h3-4H,1-2H3. The molecule has 0 aromatic heterocycles. The van der Waals surface area contributed by atoms with Crippen molar-refractivity contribution in [3.8, 4) is 0 Å². The molecule has 0 radical (unpaired) electrons. The monoisotopic (exact) mass is 202 g/mol. The molecule has 38 valence electrons. The first-order valence-corrected chi connectivity index (χ1v) is 5.13. The van der Waals surface area contributed by atoms with Gasteiger partial charge in [-0.05, 0) is 15.9 Å². The van der Waals surface area contributed by atoms with E-state index >= 15 is 0 Å². The van der Waals surface area contributed by atoms with Gasteiger partial charge in [-0.3, -0.25) is 0 Å². The van der Waals surface area contributed by atoms with E-state index in [1.54, 1.807) is 10.9 Å². The highest BCUT2D eigenvalue weighted by Gasteiger charge is 1.82. The van der Waals surface area contributed by atoms with E-state index in [0.29, 0.717) is 0 Å². The summed E-state index contributed by atoms with van der Waals surface area (Å²) in [5.41, 5.74) is 0. The smallest absolute Gasteiger partial charge is 0.121 e. The normalized spacial score (nSPS) is 17.2. The van der Waals surface area contributed by atoms with Crippen LogP contribution in [0.25, 0.3) is 0 Å². The maximum atomic E-state index is 11.7. The van der Waals surface area contributed by atoms with Gasteiger partial charge in [0.1, 0.15) is 6.17 Å². The average Bonchev–Trinajstić information content (AvgIpc) is 1.35. The van der Waals surface area contributed by atoms with E-state index < -0.39 is 6.17 Å². The van der Waals surface area contributed by atoms with Gasteiger partial charge in [0.2, 0.25) is 0 Å². The molecule has 0 fully saturated rings. The average molecular weight is 202 g/mol. The van der Waals surface area contributed by atoms with Crippen molar-refractivity contribution in [2.75, 3.05) is 4.93 Å². The molecular formula is C4H8FI. The van der Waals surface area contributed by atoms with Crippen molar-refractivity contribution in [2.24, 2.45) is 0 Å². The van der Waals surface area contributed by atoms with Crippen LogP contribution in [0.3, 0.4) is 0 Å². The minimum atomic E-state index is -0.678. The lowest BCUT2D eigenvalue weighted by molar-refractivity contribution is 0.465. The van der Waals surface area contributed by atoms with Crippen LogP contribution in [-0.2, 0) is 0 Å². The van der Waals surface area contributed by atoms with E-state index in [-0.39, 0.29) is 20.7 Å². The van der Waals surface area contributed by atoms with E-state index in [2.05, 4.69) is 0 Å². The summed E-state index contributed by atoms with van der Waals surface area (Å²) in [6.45, 7) is 1.56. The minimum absolute atomic E-state index is 0.0671. The SMILES string of the molecule is CI=CC(C)F. The molecule has 1 atom stereocenters. The van der Waals surface area contributed by atoms with Crippen molar-refractivity contribution in [1.29, 1.82) is 0 Å². The number of rotatable bonds is 1. The third kappa shape index (κ3) is 4.53. The Morgan fingerprint density at radius 3 is 2.33 bits per heavy atom. The third-order valence-corrected chi connectivity index (χ3v) is 2.01. The molecule has 0 aliphatic rings. The molecule has 6 heavy (non-hydrogen) atoms. The molecule has 0 saturated carbocycles. The fraction of sp³-hybridized carbons (Fsp3) is 0.750. The molecule has 0 N–H and O–H groups in total. The molecule has 0 saturated heterocycles. The van der Waals surface area contributed by atoms with Crippen LogP contribution in [0.15, 0.2) is 0 Å². The van der Waals surface area contributed by atoms with Crippen LogP contribution >= 0.6 is 20.7 Å². The second kappa shape index (κ2) is 3.71. The molecular weight excluding hydrogens is 194 g/mol. The third-order valence-electron chi connectivity index (χ3n) is 0.300. The topological polar surface area (TPSA) is 0 Å². The van der Waals surface area contributed by atoms with Crippen LogP contribution in [0.5, 0.6) is 0 Å². The lowest BCUT2D eigenvalue weighted by Gasteiger charge is -1.81. The van der Waals surface area contributed by atoms with Crippen molar-refractivity contribution in [3.05, 3.63) is 0 Å². The predicted molar refractivity (Wildman–Crippen MR) is 36.6 cm³/mol. The molecule has 0 aliphatic carbocycles. The van der Waals surface area contributed by atoms with Crippen LogP contribution in [-0.4, -0.2) is 15.1 Å². The Morgan fingerprint density at radius 1 is 1.83 bits per heavy atom. The first kappa shape index (κ1) is 6.53. The summed E-state index contributed by atoms with van der Waals surface area (Å²) in [7, 11) is 0. The van der Waals surface area contributed by atoms with Gasteiger partial charge in [-0.1, -0.05) is 0 Å². The summed E-state index contributed by atoms with van der Waals surface area (Å²) in [5, 5.41) is 0. The largest absolute Gasteiger partial charge is 0.243 e. The maximum absolute atomic E-state index is 11.7. The molecule has 1 unspecified atom stereocenters. The van der Waals surface area contributed by atoms with Crippen molar-refractivity contribution < 1.29 is 4.39 Å². The number of hydrogen-bond acceptors (Lipinski definition) is 0. The summed E-state index contributed by atoms with van der Waals surface area (Å²) in [5.74, 6) is 0. The van der Waals surface area contributed by atoms with Crippen LogP contribution in [0.2, 0.25) is 0 Å². The molecule has 0 rings (SSSR count). The van der Waals surface area contributed by atoms with E-state index in [1.807, 2.05) is 4.93 Å². The molecule has 0 heterocycles. The highest BCUT2D eigenvalue weighted by Crippen LogP contribution is 1.89. The summed E-state index contributed by atoms with van der Waals surface area (Å²) >= 11 is 0.0671. The van der Waals surface area contributed by atoms with E-state index in [9.17, 15) is 4.39 Å². The highest BCUT2D eigenvalue weighted by molar-refractivity contribution is 14.2. The Labute approximate surface area is 47.5 Å². The first-order chi connectivity index (χ1) is 2.77. The maximum Gasteiger partial charge on any atom is 0.121 e. The second-order valence-electron chi connectivity index (χ2n) is 1.02. The highest BCUT2D eigenvalue weighted by atomic mass is 127. The molecule has 2 heteroatoms. The van der Waals surface area contributed by atoms with E-state index in [0.717, 1.165) is 0 Å². The Kier molecular flexibility index (Phi) is 4.04. The Morgan fingerprint density at radius 2 is 2.33 bits per heavy atom. The molecule has 0 aromatic rings. The van der Waals surface area contributed by atoms with E-state index in [1.165, 1.54) is 0 Å². The van der Waals surface area contributed by atoms with Gasteiger partial charge in [0, 0.05) is 0 Å². The zero-order valence-electron chi connectivity index (χ0n) is 3.91. The molecule has 0 aliphatic heterocycles. The second-order valence-corrected chi connectivity index (χ2v) is 2.99. The summed E-state index contributed by atoms with van der Waals surface area (Å²) in [6.07, 6.45) is -0.678. The van der Waals surface area contributed by atoms with Crippen molar-refractivity contribution in [3.63, 3.8) is 0 Å². The van der Waals surface area contributed by atoms with Gasteiger partial charge in [0.25, 0.3) is 0 Å². The predicted octanol–water partition coefficient (Wildman–Crippen LogP) is 1.75. The van der Waals surface area contributed by atoms with Crippen molar-refractivity contribution in [1.82, 2.24) is 0 Å². The molecule has 0 spiro atoms. The van der Waals surface area contributed by atoms with Gasteiger partial charge in [-0.25, -0.2) is 4.39 Å². The zero-order chi connectivity index (χ0) is 4.99. The molecule has 0 aromatic carbocycles. The van der Waals surface area contributed by atoms with Crippen LogP contribution in [0, 0.1) is 0 Å². The van der Waals surface area contributed by atoms with Crippen LogP contribution < -0.4 is 0 Å². The minimum Gasteiger partial charge on any atom is -0.243 e. The van der Waals surface area contributed by atoms with Gasteiger partial charge in [0.05, 0.1) is 0 Å². The quantitative estimate of drug-likeness (QED) is 0.448. The van der Waals surface area contributed by atoms with Crippen LogP contribution in [0.1, 0.15) is 6.92 Å². The Balaban J connectivity index is 3.03. The fourth-order valence-corrected chi connectivity index (χ4v) is 1.16. The Bertz CT molecular complexity index is 49.5. The van der Waals surface area contributed by atoms with Crippen LogP contribution in [0.4, 0.5) is 4.39 Å².